The second-order valence-corrected chi connectivity index (χ2v) is 9.87. The van der Waals surface area contributed by atoms with Crippen LogP contribution in [0.2, 0.25) is 0 Å². The van der Waals surface area contributed by atoms with Crippen molar-refractivity contribution in [3.63, 3.8) is 0 Å². The Kier molecular flexibility index (Phi) is 5.06. The van der Waals surface area contributed by atoms with Crippen molar-refractivity contribution >= 4 is 22.7 Å². The molecule has 176 valence electrons. The van der Waals surface area contributed by atoms with Gasteiger partial charge in [0, 0.05) is 49.2 Å². The third-order valence-electron chi connectivity index (χ3n) is 7.56. The highest BCUT2D eigenvalue weighted by molar-refractivity contribution is 6.08. The third-order valence-corrected chi connectivity index (χ3v) is 7.56. The number of hydrogen-bond donors (Lipinski definition) is 0. The zero-order chi connectivity index (χ0) is 24.2. The zero-order valence-electron chi connectivity index (χ0n) is 19.3. The van der Waals surface area contributed by atoms with E-state index in [4.69, 9.17) is 0 Å². The second kappa shape index (κ2) is 8.16. The van der Waals surface area contributed by atoms with Gasteiger partial charge in [0.2, 0.25) is 5.91 Å². The molecule has 2 aliphatic carbocycles. The molecule has 6 rings (SSSR count). The van der Waals surface area contributed by atoms with Gasteiger partial charge in [-0.15, -0.1) is 0 Å². The highest BCUT2D eigenvalue weighted by Crippen LogP contribution is 2.48. The average Bonchev–Trinajstić information content (AvgIpc) is 3.82. The molecule has 0 unspecified atom stereocenters. The van der Waals surface area contributed by atoms with E-state index >= 15 is 0 Å². The molecule has 0 bridgehead atoms. The first-order valence-electron chi connectivity index (χ1n) is 12.2. The lowest BCUT2D eigenvalue weighted by Crippen LogP contribution is -2.51. The van der Waals surface area contributed by atoms with Crippen molar-refractivity contribution in [1.82, 2.24) is 14.8 Å². The number of hydrogen-bond acceptors (Lipinski definition) is 4. The number of nitriles is 1. The Morgan fingerprint density at radius 2 is 1.69 bits per heavy atom. The lowest BCUT2D eigenvalue weighted by Gasteiger charge is -2.35. The van der Waals surface area contributed by atoms with E-state index in [-0.39, 0.29) is 17.7 Å². The monoisotopic (exact) mass is 468 g/mol. The number of amides is 2. The molecule has 0 radical (unpaired) electrons. The molecule has 0 atom stereocenters. The van der Waals surface area contributed by atoms with Gasteiger partial charge < -0.3 is 9.80 Å². The number of benzene rings is 2. The minimum absolute atomic E-state index is 0.169. The quantitative estimate of drug-likeness (QED) is 0.572. The number of piperazine rings is 1. The zero-order valence-corrected chi connectivity index (χ0v) is 19.3. The van der Waals surface area contributed by atoms with Crippen LogP contribution in [-0.2, 0) is 10.2 Å². The molecule has 35 heavy (non-hydrogen) atoms. The highest BCUT2D eigenvalue weighted by Gasteiger charge is 2.44. The van der Waals surface area contributed by atoms with Crippen LogP contribution in [0, 0.1) is 23.1 Å². The molecule has 2 aromatic carbocycles. The molecule has 3 fully saturated rings. The van der Waals surface area contributed by atoms with Crippen molar-refractivity contribution in [3.8, 4) is 17.2 Å². The van der Waals surface area contributed by atoms with Gasteiger partial charge in [0.25, 0.3) is 5.91 Å². The number of halogens is 1. The van der Waals surface area contributed by atoms with E-state index in [9.17, 15) is 19.2 Å². The fourth-order valence-corrected chi connectivity index (χ4v) is 5.07. The van der Waals surface area contributed by atoms with E-state index < -0.39 is 11.2 Å². The molecule has 1 aliphatic heterocycles. The van der Waals surface area contributed by atoms with Crippen LogP contribution in [0.5, 0.6) is 0 Å². The summed E-state index contributed by atoms with van der Waals surface area (Å²) < 4.78 is 14.3. The van der Waals surface area contributed by atoms with Crippen LogP contribution in [0.1, 0.15) is 41.6 Å². The van der Waals surface area contributed by atoms with Crippen LogP contribution in [0.4, 0.5) is 4.39 Å². The minimum atomic E-state index is -0.402. The number of pyridine rings is 1. The molecule has 2 amide bonds. The first-order valence-corrected chi connectivity index (χ1v) is 12.2. The van der Waals surface area contributed by atoms with Crippen molar-refractivity contribution < 1.29 is 14.0 Å². The van der Waals surface area contributed by atoms with Gasteiger partial charge in [0.15, 0.2) is 0 Å². The molecule has 0 N–H and O–H groups in total. The average molecular weight is 469 g/mol. The third kappa shape index (κ3) is 3.83. The van der Waals surface area contributed by atoms with E-state index in [0.717, 1.165) is 36.8 Å². The van der Waals surface area contributed by atoms with Crippen molar-refractivity contribution in [2.45, 2.75) is 31.1 Å². The molecule has 2 saturated carbocycles. The van der Waals surface area contributed by atoms with Gasteiger partial charge in [0.05, 0.1) is 22.6 Å². The van der Waals surface area contributed by atoms with Crippen molar-refractivity contribution in [3.05, 3.63) is 65.6 Å². The lowest BCUT2D eigenvalue weighted by atomic mass is 9.91. The molecule has 3 aliphatic rings. The fraction of sp³-hybridized carbons (Fsp3) is 0.357. The maximum absolute atomic E-state index is 14.3. The van der Waals surface area contributed by atoms with Gasteiger partial charge in [-0.1, -0.05) is 24.3 Å². The van der Waals surface area contributed by atoms with Crippen molar-refractivity contribution in [1.29, 1.82) is 5.26 Å². The lowest BCUT2D eigenvalue weighted by molar-refractivity contribution is -0.134. The molecule has 3 aromatic rings. The molecule has 7 heteroatoms. The molecule has 1 saturated heterocycles. The summed E-state index contributed by atoms with van der Waals surface area (Å²) in [5.74, 6) is -0.193. The summed E-state index contributed by atoms with van der Waals surface area (Å²) in [4.78, 5) is 34.2. The van der Waals surface area contributed by atoms with Crippen molar-refractivity contribution in [2.75, 3.05) is 26.2 Å². The van der Waals surface area contributed by atoms with Gasteiger partial charge in [-0.3, -0.25) is 14.6 Å². The van der Waals surface area contributed by atoms with Gasteiger partial charge >= 0.3 is 0 Å². The van der Waals surface area contributed by atoms with Crippen molar-refractivity contribution in [2.24, 2.45) is 5.92 Å². The Morgan fingerprint density at radius 1 is 1.00 bits per heavy atom. The van der Waals surface area contributed by atoms with E-state index in [2.05, 4.69) is 11.1 Å². The molecule has 0 spiro atoms. The summed E-state index contributed by atoms with van der Waals surface area (Å²) in [5.41, 5.74) is 3.02. The summed E-state index contributed by atoms with van der Waals surface area (Å²) in [6.07, 6.45) is 5.21. The van der Waals surface area contributed by atoms with E-state index in [1.165, 1.54) is 12.1 Å². The number of rotatable bonds is 4. The van der Waals surface area contributed by atoms with E-state index in [0.29, 0.717) is 48.2 Å². The normalized spacial score (nSPS) is 18.9. The van der Waals surface area contributed by atoms with Crippen LogP contribution < -0.4 is 0 Å². The number of carbonyl (C=O) groups excluding carboxylic acids is 2. The van der Waals surface area contributed by atoms with Crippen LogP contribution >= 0.6 is 0 Å². The number of aromatic nitrogens is 1. The predicted octanol–water partition coefficient (Wildman–Crippen LogP) is 4.29. The maximum Gasteiger partial charge on any atom is 0.256 e. The summed E-state index contributed by atoms with van der Waals surface area (Å²) in [6.45, 7) is 1.97. The van der Waals surface area contributed by atoms with E-state index in [1.807, 2.05) is 29.2 Å². The van der Waals surface area contributed by atoms with Gasteiger partial charge in [-0.25, -0.2) is 4.39 Å². The summed E-state index contributed by atoms with van der Waals surface area (Å²) in [6, 6.07) is 14.5. The first-order chi connectivity index (χ1) is 17.0. The maximum atomic E-state index is 14.3. The first kappa shape index (κ1) is 21.7. The Labute approximate surface area is 203 Å². The van der Waals surface area contributed by atoms with Crippen LogP contribution in [0.15, 0.2) is 48.7 Å². The van der Waals surface area contributed by atoms with Crippen LogP contribution in [0.3, 0.4) is 0 Å². The van der Waals surface area contributed by atoms with Crippen LogP contribution in [-0.4, -0.2) is 52.8 Å². The highest BCUT2D eigenvalue weighted by atomic mass is 19.1. The topological polar surface area (TPSA) is 77.3 Å². The molecular formula is C28H25FN4O2. The Balaban J connectivity index is 1.35. The minimum Gasteiger partial charge on any atom is -0.339 e. The predicted molar refractivity (Wildman–Crippen MR) is 129 cm³/mol. The molecule has 6 nitrogen and oxygen atoms in total. The molecule has 2 heterocycles. The van der Waals surface area contributed by atoms with Gasteiger partial charge in [-0.2, -0.15) is 5.26 Å². The number of nitrogens with zero attached hydrogens (tertiary/aromatic N) is 4. The smallest absolute Gasteiger partial charge is 0.256 e. The summed E-state index contributed by atoms with van der Waals surface area (Å²) >= 11 is 0. The second-order valence-electron chi connectivity index (χ2n) is 9.87. The largest absolute Gasteiger partial charge is 0.339 e. The van der Waals surface area contributed by atoms with E-state index in [1.54, 1.807) is 17.2 Å². The Bertz CT molecular complexity index is 1380. The fourth-order valence-electron chi connectivity index (χ4n) is 5.07. The number of fused-ring (bicyclic) bond motifs is 1. The Morgan fingerprint density at radius 3 is 2.31 bits per heavy atom. The SMILES string of the molecule is N#CC1(c2ccc(-c3c(C(=O)N4CCN(C(=O)C5CC5)CC4)cnc4ccc(F)cc34)cc2)CC1. The molecule has 1 aromatic heterocycles. The summed E-state index contributed by atoms with van der Waals surface area (Å²) in [7, 11) is 0. The number of carbonyl (C=O) groups is 2. The standard InChI is InChI=1S/C28H25FN4O2/c29-21-7-8-24-22(15-21)25(18-3-5-20(6-4-18)28(17-30)9-10-28)23(16-31-24)27(35)33-13-11-32(12-14-33)26(34)19-1-2-19/h3-8,15-16,19H,1-2,9-14H2. The summed E-state index contributed by atoms with van der Waals surface area (Å²) in [5, 5.41) is 10.1. The van der Waals surface area contributed by atoms with Crippen LogP contribution in [0.25, 0.3) is 22.0 Å². The van der Waals surface area contributed by atoms with Gasteiger partial charge in [-0.05, 0) is 55.0 Å². The Hall–Kier alpha value is -3.79. The van der Waals surface area contributed by atoms with Gasteiger partial charge in [0.1, 0.15) is 5.82 Å². The molecular weight excluding hydrogens is 443 g/mol.